The summed E-state index contributed by atoms with van der Waals surface area (Å²) in [7, 11) is 0. The van der Waals surface area contributed by atoms with Crippen LogP contribution in [0, 0.1) is 30.2 Å². The summed E-state index contributed by atoms with van der Waals surface area (Å²) in [5, 5.41) is 9.91. The van der Waals surface area contributed by atoms with Crippen molar-refractivity contribution < 1.29 is 22.7 Å². The average Bonchev–Trinajstić information content (AvgIpc) is 2.34. The highest BCUT2D eigenvalue weighted by Crippen LogP contribution is 2.30. The third kappa shape index (κ3) is 2.46. The second-order valence-electron chi connectivity index (χ2n) is 4.16. The normalized spacial score (nSPS) is 12.5. The van der Waals surface area contributed by atoms with E-state index in [0.717, 1.165) is 18.2 Å². The van der Waals surface area contributed by atoms with Crippen molar-refractivity contribution in [2.45, 2.75) is 13.0 Å². The Morgan fingerprint density at radius 2 is 1.63 bits per heavy atom. The molecule has 0 aliphatic carbocycles. The third-order valence-electron chi connectivity index (χ3n) is 2.85. The van der Waals surface area contributed by atoms with Crippen molar-refractivity contribution in [1.29, 1.82) is 0 Å². The molecule has 0 bridgehead atoms. The van der Waals surface area contributed by atoms with Gasteiger partial charge in [-0.15, -0.1) is 0 Å². The highest BCUT2D eigenvalue weighted by molar-refractivity contribution is 5.35. The summed E-state index contributed by atoms with van der Waals surface area (Å²) in [6.07, 6.45) is -1.83. The predicted octanol–water partition coefficient (Wildman–Crippen LogP) is 3.63. The fraction of sp³-hybridized carbons (Fsp3) is 0.143. The van der Waals surface area contributed by atoms with E-state index in [1.807, 2.05) is 0 Å². The van der Waals surface area contributed by atoms with Crippen LogP contribution in [-0.4, -0.2) is 5.11 Å². The lowest BCUT2D eigenvalue weighted by Gasteiger charge is -2.15. The van der Waals surface area contributed by atoms with E-state index < -0.39 is 34.9 Å². The summed E-state index contributed by atoms with van der Waals surface area (Å²) >= 11 is 0. The SMILES string of the molecule is Cc1ccc(F)c(C(O)c2ccc(F)cc2F)c1F. The molecular weight excluding hydrogens is 260 g/mol. The van der Waals surface area contributed by atoms with Gasteiger partial charge in [0.25, 0.3) is 0 Å². The van der Waals surface area contributed by atoms with Crippen molar-refractivity contribution in [3.05, 3.63) is 70.3 Å². The Hall–Kier alpha value is -1.88. The van der Waals surface area contributed by atoms with Gasteiger partial charge in [0.15, 0.2) is 0 Å². The second kappa shape index (κ2) is 5.01. The summed E-state index contributed by atoms with van der Waals surface area (Å²) in [6.45, 7) is 1.39. The Morgan fingerprint density at radius 1 is 0.947 bits per heavy atom. The van der Waals surface area contributed by atoms with Crippen LogP contribution in [0.1, 0.15) is 22.8 Å². The van der Waals surface area contributed by atoms with Gasteiger partial charge in [-0.25, -0.2) is 17.6 Å². The van der Waals surface area contributed by atoms with Crippen LogP contribution in [0.2, 0.25) is 0 Å². The second-order valence-corrected chi connectivity index (χ2v) is 4.16. The van der Waals surface area contributed by atoms with Gasteiger partial charge in [0.05, 0.1) is 5.56 Å². The van der Waals surface area contributed by atoms with Crippen molar-refractivity contribution in [3.63, 3.8) is 0 Å². The van der Waals surface area contributed by atoms with Gasteiger partial charge in [-0.05, 0) is 24.6 Å². The fourth-order valence-corrected chi connectivity index (χ4v) is 1.81. The van der Waals surface area contributed by atoms with Gasteiger partial charge in [0.1, 0.15) is 29.4 Å². The van der Waals surface area contributed by atoms with Crippen LogP contribution in [0.4, 0.5) is 17.6 Å². The predicted molar refractivity (Wildman–Crippen MR) is 61.5 cm³/mol. The molecule has 5 heteroatoms. The minimum atomic E-state index is -1.83. The highest BCUT2D eigenvalue weighted by atomic mass is 19.1. The number of aliphatic hydroxyl groups excluding tert-OH is 1. The molecule has 0 aliphatic heterocycles. The molecule has 2 aromatic rings. The van der Waals surface area contributed by atoms with Crippen molar-refractivity contribution in [1.82, 2.24) is 0 Å². The summed E-state index contributed by atoms with van der Waals surface area (Å²) < 4.78 is 53.7. The Morgan fingerprint density at radius 3 is 2.26 bits per heavy atom. The molecule has 2 rings (SSSR count). The van der Waals surface area contributed by atoms with Crippen LogP contribution in [-0.2, 0) is 0 Å². The van der Waals surface area contributed by atoms with Crippen LogP contribution >= 0.6 is 0 Å². The van der Waals surface area contributed by atoms with Crippen LogP contribution in [0.15, 0.2) is 30.3 Å². The van der Waals surface area contributed by atoms with E-state index in [9.17, 15) is 22.7 Å². The maximum atomic E-state index is 13.8. The molecule has 0 heterocycles. The minimum Gasteiger partial charge on any atom is -0.383 e. The van der Waals surface area contributed by atoms with Gasteiger partial charge >= 0.3 is 0 Å². The number of hydrogen-bond donors (Lipinski definition) is 1. The standard InChI is InChI=1S/C14H10F4O/c1-7-2-5-10(16)12(13(7)18)14(19)9-4-3-8(15)6-11(9)17/h2-6,14,19H,1H3. The number of halogens is 4. The molecule has 0 aliphatic rings. The van der Waals surface area contributed by atoms with Gasteiger partial charge in [-0.2, -0.15) is 0 Å². The largest absolute Gasteiger partial charge is 0.383 e. The van der Waals surface area contributed by atoms with Crippen molar-refractivity contribution in [2.24, 2.45) is 0 Å². The maximum Gasteiger partial charge on any atom is 0.135 e. The van der Waals surface area contributed by atoms with Crippen LogP contribution in [0.25, 0.3) is 0 Å². The number of benzene rings is 2. The molecule has 1 unspecified atom stereocenters. The smallest absolute Gasteiger partial charge is 0.135 e. The molecule has 0 radical (unpaired) electrons. The zero-order valence-corrected chi connectivity index (χ0v) is 9.92. The molecule has 0 saturated carbocycles. The first-order chi connectivity index (χ1) is 8.91. The molecular formula is C14H10F4O. The lowest BCUT2D eigenvalue weighted by molar-refractivity contribution is 0.203. The van der Waals surface area contributed by atoms with Crippen molar-refractivity contribution in [2.75, 3.05) is 0 Å². The Labute approximate surface area is 107 Å². The monoisotopic (exact) mass is 270 g/mol. The fourth-order valence-electron chi connectivity index (χ4n) is 1.81. The van der Waals surface area contributed by atoms with Gasteiger partial charge in [-0.1, -0.05) is 12.1 Å². The number of hydrogen-bond acceptors (Lipinski definition) is 1. The maximum absolute atomic E-state index is 13.8. The molecule has 0 saturated heterocycles. The lowest BCUT2D eigenvalue weighted by atomic mass is 9.98. The van der Waals surface area contributed by atoms with E-state index >= 15 is 0 Å². The molecule has 1 nitrogen and oxygen atoms in total. The number of rotatable bonds is 2. The van der Waals surface area contributed by atoms with Gasteiger partial charge < -0.3 is 5.11 Å². The molecule has 100 valence electrons. The molecule has 0 spiro atoms. The topological polar surface area (TPSA) is 20.2 Å². The average molecular weight is 270 g/mol. The van der Waals surface area contributed by atoms with E-state index in [1.165, 1.54) is 13.0 Å². The first kappa shape index (κ1) is 13.5. The zero-order chi connectivity index (χ0) is 14.2. The first-order valence-corrected chi connectivity index (χ1v) is 5.49. The summed E-state index contributed by atoms with van der Waals surface area (Å²) in [5.74, 6) is -3.83. The number of aryl methyl sites for hydroxylation is 1. The molecule has 0 amide bonds. The van der Waals surface area contributed by atoms with E-state index in [0.29, 0.717) is 6.07 Å². The summed E-state index contributed by atoms with van der Waals surface area (Å²) in [6, 6.07) is 4.61. The molecule has 2 aromatic carbocycles. The Bertz CT molecular complexity index is 625. The minimum absolute atomic E-state index is 0.123. The molecule has 0 aromatic heterocycles. The van der Waals surface area contributed by atoms with Gasteiger partial charge in [-0.3, -0.25) is 0 Å². The first-order valence-electron chi connectivity index (χ1n) is 5.49. The Balaban J connectivity index is 2.56. The quantitative estimate of drug-likeness (QED) is 0.826. The van der Waals surface area contributed by atoms with Gasteiger partial charge in [0.2, 0.25) is 0 Å². The molecule has 1 N–H and O–H groups in total. The van der Waals surface area contributed by atoms with Gasteiger partial charge in [0, 0.05) is 11.6 Å². The lowest BCUT2D eigenvalue weighted by Crippen LogP contribution is -2.09. The molecule has 0 fully saturated rings. The van der Waals surface area contributed by atoms with E-state index in [4.69, 9.17) is 0 Å². The highest BCUT2D eigenvalue weighted by Gasteiger charge is 2.23. The van der Waals surface area contributed by atoms with E-state index in [2.05, 4.69) is 0 Å². The van der Waals surface area contributed by atoms with Crippen molar-refractivity contribution >= 4 is 0 Å². The van der Waals surface area contributed by atoms with E-state index in [-0.39, 0.29) is 11.1 Å². The Kier molecular flexibility index (Phi) is 3.57. The van der Waals surface area contributed by atoms with E-state index in [1.54, 1.807) is 0 Å². The molecule has 1 atom stereocenters. The number of aliphatic hydroxyl groups is 1. The molecule has 19 heavy (non-hydrogen) atoms. The summed E-state index contributed by atoms with van der Waals surface area (Å²) in [4.78, 5) is 0. The van der Waals surface area contributed by atoms with Crippen molar-refractivity contribution in [3.8, 4) is 0 Å². The zero-order valence-electron chi connectivity index (χ0n) is 9.92. The van der Waals surface area contributed by atoms with Crippen LogP contribution < -0.4 is 0 Å². The van der Waals surface area contributed by atoms with Crippen LogP contribution in [0.3, 0.4) is 0 Å². The third-order valence-corrected chi connectivity index (χ3v) is 2.85. The summed E-state index contributed by atoms with van der Waals surface area (Å²) in [5.41, 5.74) is -0.909. The van der Waals surface area contributed by atoms with Crippen LogP contribution in [0.5, 0.6) is 0 Å².